The summed E-state index contributed by atoms with van der Waals surface area (Å²) in [5.41, 5.74) is 2.56. The van der Waals surface area contributed by atoms with E-state index in [0.717, 1.165) is 32.4 Å². The molecule has 2 aromatic rings. The molecule has 2 fully saturated rings. The Labute approximate surface area is 151 Å². The minimum atomic E-state index is -1.60. The van der Waals surface area contributed by atoms with Crippen LogP contribution >= 0.6 is 0 Å². The number of fused-ring (bicyclic) bond motifs is 1. The lowest BCUT2D eigenvalue weighted by Gasteiger charge is -2.39. The first-order valence-corrected chi connectivity index (χ1v) is 9.87. The summed E-state index contributed by atoms with van der Waals surface area (Å²) in [7, 11) is 0. The molecule has 132 valence electrons. The molecule has 0 aromatic heterocycles. The number of hydrogen-bond donors (Lipinski definition) is 0. The SMILES string of the molecule is O=S1OC2CCCC(N(Cc3ccccc3)Cc3ccccc3)C2O1. The van der Waals surface area contributed by atoms with E-state index in [1.54, 1.807) is 0 Å². The molecule has 1 heterocycles. The van der Waals surface area contributed by atoms with Crippen LogP contribution in [0.2, 0.25) is 0 Å². The Hall–Kier alpha value is -1.53. The van der Waals surface area contributed by atoms with Gasteiger partial charge in [0.2, 0.25) is 0 Å². The van der Waals surface area contributed by atoms with Crippen molar-refractivity contribution in [1.82, 2.24) is 4.90 Å². The Morgan fingerprint density at radius 3 is 2.08 bits per heavy atom. The van der Waals surface area contributed by atoms with Crippen LogP contribution in [0.5, 0.6) is 0 Å². The van der Waals surface area contributed by atoms with Gasteiger partial charge in [-0.2, -0.15) is 4.21 Å². The lowest BCUT2D eigenvalue weighted by molar-refractivity contribution is 0.00675. The van der Waals surface area contributed by atoms with E-state index in [1.807, 2.05) is 12.1 Å². The second-order valence-corrected chi connectivity index (χ2v) is 7.57. The molecule has 4 rings (SSSR count). The molecule has 1 saturated heterocycles. The quantitative estimate of drug-likeness (QED) is 0.819. The average molecular weight is 357 g/mol. The smallest absolute Gasteiger partial charge is 0.289 e. The zero-order valence-electron chi connectivity index (χ0n) is 14.1. The molecule has 2 aliphatic rings. The van der Waals surface area contributed by atoms with Gasteiger partial charge in [0.05, 0.1) is 0 Å². The average Bonchev–Trinajstić information content (AvgIpc) is 3.03. The Bertz CT molecular complexity index is 668. The molecule has 0 spiro atoms. The maximum atomic E-state index is 11.7. The van der Waals surface area contributed by atoms with Crippen molar-refractivity contribution >= 4 is 11.4 Å². The molecule has 1 saturated carbocycles. The van der Waals surface area contributed by atoms with Crippen LogP contribution in [0.1, 0.15) is 30.4 Å². The highest BCUT2D eigenvalue weighted by atomic mass is 32.2. The van der Waals surface area contributed by atoms with Crippen LogP contribution in [-0.2, 0) is 32.8 Å². The topological polar surface area (TPSA) is 38.8 Å². The molecule has 0 bridgehead atoms. The Morgan fingerprint density at radius 2 is 1.48 bits per heavy atom. The minimum absolute atomic E-state index is 0.0476. The van der Waals surface area contributed by atoms with E-state index < -0.39 is 11.4 Å². The highest BCUT2D eigenvalue weighted by molar-refractivity contribution is 7.75. The van der Waals surface area contributed by atoms with Crippen molar-refractivity contribution in [2.24, 2.45) is 0 Å². The van der Waals surface area contributed by atoms with Crippen LogP contribution in [0, 0.1) is 0 Å². The fraction of sp³-hybridized carbons (Fsp3) is 0.400. The van der Waals surface area contributed by atoms with Crippen molar-refractivity contribution in [2.75, 3.05) is 0 Å². The van der Waals surface area contributed by atoms with Crippen molar-refractivity contribution in [2.45, 2.75) is 50.6 Å². The zero-order valence-corrected chi connectivity index (χ0v) is 14.9. The second kappa shape index (κ2) is 7.79. The number of benzene rings is 2. The van der Waals surface area contributed by atoms with Gasteiger partial charge < -0.3 is 0 Å². The first-order chi connectivity index (χ1) is 12.3. The first-order valence-electron chi connectivity index (χ1n) is 8.87. The van der Waals surface area contributed by atoms with Gasteiger partial charge in [-0.3, -0.25) is 13.3 Å². The molecule has 5 heteroatoms. The molecule has 1 aliphatic heterocycles. The molecule has 4 unspecified atom stereocenters. The lowest BCUT2D eigenvalue weighted by Crippen LogP contribution is -2.49. The van der Waals surface area contributed by atoms with E-state index in [4.69, 9.17) is 8.37 Å². The Morgan fingerprint density at radius 1 is 0.880 bits per heavy atom. The summed E-state index contributed by atoms with van der Waals surface area (Å²) in [5, 5.41) is 0. The van der Waals surface area contributed by atoms with Crippen LogP contribution in [0.4, 0.5) is 0 Å². The van der Waals surface area contributed by atoms with Gasteiger partial charge in [-0.1, -0.05) is 60.7 Å². The Balaban J connectivity index is 1.58. The van der Waals surface area contributed by atoms with Crippen LogP contribution in [-0.4, -0.2) is 27.4 Å². The molecule has 0 amide bonds. The third kappa shape index (κ3) is 4.01. The van der Waals surface area contributed by atoms with Gasteiger partial charge in [-0.05, 0) is 30.4 Å². The molecule has 4 atom stereocenters. The molecule has 0 N–H and O–H groups in total. The van der Waals surface area contributed by atoms with E-state index in [9.17, 15) is 4.21 Å². The monoisotopic (exact) mass is 357 g/mol. The maximum absolute atomic E-state index is 11.7. The van der Waals surface area contributed by atoms with Gasteiger partial charge in [-0.25, -0.2) is 0 Å². The van der Waals surface area contributed by atoms with Gasteiger partial charge in [0.25, 0.3) is 0 Å². The summed E-state index contributed by atoms with van der Waals surface area (Å²) < 4.78 is 22.9. The normalized spacial score (nSPS) is 28.8. The van der Waals surface area contributed by atoms with Crippen molar-refractivity contribution in [1.29, 1.82) is 0 Å². The standard InChI is InChI=1S/C20H23NO3S/c22-25-23-19-13-7-12-18(20(19)24-25)21(14-16-8-3-1-4-9-16)15-17-10-5-2-6-11-17/h1-6,8-11,18-20H,7,12-15H2. The van der Waals surface area contributed by atoms with E-state index in [2.05, 4.69) is 53.4 Å². The van der Waals surface area contributed by atoms with Crippen LogP contribution in [0.3, 0.4) is 0 Å². The predicted molar refractivity (Wildman–Crippen MR) is 97.7 cm³/mol. The van der Waals surface area contributed by atoms with Crippen molar-refractivity contribution < 1.29 is 12.6 Å². The molecular formula is C20H23NO3S. The number of hydrogen-bond acceptors (Lipinski definition) is 4. The van der Waals surface area contributed by atoms with Gasteiger partial charge in [-0.15, -0.1) is 0 Å². The zero-order chi connectivity index (χ0) is 17.1. The van der Waals surface area contributed by atoms with Gasteiger partial charge in [0.1, 0.15) is 12.2 Å². The third-order valence-corrected chi connectivity index (χ3v) is 5.84. The molecular weight excluding hydrogens is 334 g/mol. The van der Waals surface area contributed by atoms with Crippen LogP contribution < -0.4 is 0 Å². The molecule has 2 aromatic carbocycles. The summed E-state index contributed by atoms with van der Waals surface area (Å²) in [6, 6.07) is 21.2. The van der Waals surface area contributed by atoms with E-state index >= 15 is 0 Å². The number of nitrogens with zero attached hydrogens (tertiary/aromatic N) is 1. The van der Waals surface area contributed by atoms with E-state index in [0.29, 0.717) is 0 Å². The van der Waals surface area contributed by atoms with E-state index in [1.165, 1.54) is 11.1 Å². The van der Waals surface area contributed by atoms with Gasteiger partial charge in [0, 0.05) is 19.1 Å². The lowest BCUT2D eigenvalue weighted by atomic mass is 9.88. The van der Waals surface area contributed by atoms with Gasteiger partial charge in [0.15, 0.2) is 0 Å². The van der Waals surface area contributed by atoms with Crippen molar-refractivity contribution in [3.8, 4) is 0 Å². The predicted octanol–water partition coefficient (Wildman–Crippen LogP) is 3.60. The van der Waals surface area contributed by atoms with Crippen molar-refractivity contribution in [3.63, 3.8) is 0 Å². The minimum Gasteiger partial charge on any atom is -0.289 e. The Kier molecular flexibility index (Phi) is 5.27. The fourth-order valence-corrected chi connectivity index (χ4v) is 4.75. The summed E-state index contributed by atoms with van der Waals surface area (Å²) in [6.45, 7) is 1.69. The summed E-state index contributed by atoms with van der Waals surface area (Å²) in [5.74, 6) is 0. The molecule has 1 aliphatic carbocycles. The fourth-order valence-electron chi connectivity index (χ4n) is 3.86. The highest BCUT2D eigenvalue weighted by Crippen LogP contribution is 2.35. The molecule has 4 nitrogen and oxygen atoms in total. The first kappa shape index (κ1) is 16.9. The third-order valence-electron chi connectivity index (χ3n) is 5.05. The summed E-state index contributed by atoms with van der Waals surface area (Å²) >= 11 is -1.60. The second-order valence-electron chi connectivity index (χ2n) is 6.77. The molecule has 25 heavy (non-hydrogen) atoms. The summed E-state index contributed by atoms with van der Waals surface area (Å²) in [4.78, 5) is 2.45. The largest absolute Gasteiger partial charge is 0.305 e. The highest BCUT2D eigenvalue weighted by Gasteiger charge is 2.45. The van der Waals surface area contributed by atoms with E-state index in [-0.39, 0.29) is 18.2 Å². The maximum Gasteiger partial charge on any atom is 0.305 e. The van der Waals surface area contributed by atoms with Crippen LogP contribution in [0.15, 0.2) is 60.7 Å². The van der Waals surface area contributed by atoms with Gasteiger partial charge >= 0.3 is 11.4 Å². The van der Waals surface area contributed by atoms with Crippen LogP contribution in [0.25, 0.3) is 0 Å². The van der Waals surface area contributed by atoms with Crippen molar-refractivity contribution in [3.05, 3.63) is 71.8 Å². The molecule has 0 radical (unpaired) electrons. The number of rotatable bonds is 5. The summed E-state index contributed by atoms with van der Waals surface area (Å²) in [6.07, 6.45) is 2.89.